The standard InChI is InChI=1S/C16H9Cl3N2O4/c17-8-5-11(18)14(19)12(6-8)25-7-13(22)20-21-15(23)9-3-1-2-4-10(9)16(21)24/h1-6H,7H2,(H,20,22). The largest absolute Gasteiger partial charge is 0.482 e. The number of amides is 3. The summed E-state index contributed by atoms with van der Waals surface area (Å²) in [6.45, 7) is -0.496. The number of carbonyl (C=O) groups excluding carboxylic acids is 3. The van der Waals surface area contributed by atoms with Crippen molar-refractivity contribution >= 4 is 52.5 Å². The van der Waals surface area contributed by atoms with Crippen LogP contribution in [0.5, 0.6) is 5.75 Å². The summed E-state index contributed by atoms with van der Waals surface area (Å²) in [6, 6.07) is 9.09. The van der Waals surface area contributed by atoms with Crippen LogP contribution in [0.3, 0.4) is 0 Å². The van der Waals surface area contributed by atoms with Crippen LogP contribution in [0.25, 0.3) is 0 Å². The van der Waals surface area contributed by atoms with E-state index in [9.17, 15) is 14.4 Å². The van der Waals surface area contributed by atoms with Gasteiger partial charge >= 0.3 is 0 Å². The number of benzene rings is 2. The maximum atomic E-state index is 12.2. The van der Waals surface area contributed by atoms with Crippen LogP contribution in [0.15, 0.2) is 36.4 Å². The van der Waals surface area contributed by atoms with Crippen molar-refractivity contribution in [3.63, 3.8) is 0 Å². The van der Waals surface area contributed by atoms with Gasteiger partial charge in [-0.15, -0.1) is 0 Å². The van der Waals surface area contributed by atoms with Crippen LogP contribution in [0.2, 0.25) is 15.1 Å². The zero-order valence-electron chi connectivity index (χ0n) is 12.4. The van der Waals surface area contributed by atoms with Crippen LogP contribution < -0.4 is 10.2 Å². The summed E-state index contributed by atoms with van der Waals surface area (Å²) in [6.07, 6.45) is 0. The fourth-order valence-corrected chi connectivity index (χ4v) is 2.87. The SMILES string of the molecule is O=C(COc1cc(Cl)cc(Cl)c1Cl)NN1C(=O)c2ccccc2C1=O. The van der Waals surface area contributed by atoms with E-state index in [-0.39, 0.29) is 31.9 Å². The molecule has 1 heterocycles. The molecule has 9 heteroatoms. The first kappa shape index (κ1) is 17.5. The number of hydrogen-bond donors (Lipinski definition) is 1. The fourth-order valence-electron chi connectivity index (χ4n) is 2.23. The summed E-state index contributed by atoms with van der Waals surface area (Å²) < 4.78 is 5.26. The van der Waals surface area contributed by atoms with Gasteiger partial charge in [0.2, 0.25) is 0 Å². The summed E-state index contributed by atoms with van der Waals surface area (Å²) in [5, 5.41) is 1.19. The molecule has 1 aliphatic rings. The van der Waals surface area contributed by atoms with Gasteiger partial charge in [0.05, 0.1) is 16.1 Å². The second-order valence-electron chi connectivity index (χ2n) is 5.01. The Kier molecular flexibility index (Phi) is 4.85. The highest BCUT2D eigenvalue weighted by Crippen LogP contribution is 2.35. The van der Waals surface area contributed by atoms with E-state index in [4.69, 9.17) is 39.5 Å². The number of nitrogens with one attached hydrogen (secondary N) is 1. The molecule has 0 spiro atoms. The average molecular weight is 400 g/mol. The lowest BCUT2D eigenvalue weighted by Crippen LogP contribution is -2.47. The number of halogens is 3. The van der Waals surface area contributed by atoms with E-state index < -0.39 is 24.3 Å². The Labute approximate surface area is 157 Å². The van der Waals surface area contributed by atoms with Gasteiger partial charge in [-0.25, -0.2) is 0 Å². The molecular weight excluding hydrogens is 391 g/mol. The number of hydrogen-bond acceptors (Lipinski definition) is 4. The smallest absolute Gasteiger partial charge is 0.280 e. The van der Waals surface area contributed by atoms with E-state index in [1.54, 1.807) is 12.1 Å². The lowest BCUT2D eigenvalue weighted by Gasteiger charge is -2.15. The van der Waals surface area contributed by atoms with Crippen molar-refractivity contribution < 1.29 is 19.1 Å². The summed E-state index contributed by atoms with van der Waals surface area (Å²) in [4.78, 5) is 36.3. The molecule has 0 saturated heterocycles. The molecule has 0 bridgehead atoms. The fraction of sp³-hybridized carbons (Fsp3) is 0.0625. The Morgan fingerprint density at radius 3 is 2.24 bits per heavy atom. The minimum Gasteiger partial charge on any atom is -0.482 e. The average Bonchev–Trinajstić information content (AvgIpc) is 2.82. The van der Waals surface area contributed by atoms with E-state index in [1.165, 1.54) is 24.3 Å². The Hall–Kier alpha value is -2.28. The number of nitrogens with zero attached hydrogens (tertiary/aromatic N) is 1. The van der Waals surface area contributed by atoms with Gasteiger partial charge in [-0.1, -0.05) is 46.9 Å². The van der Waals surface area contributed by atoms with Gasteiger partial charge in [0.1, 0.15) is 10.8 Å². The number of fused-ring (bicyclic) bond motifs is 1. The minimum atomic E-state index is -0.721. The molecule has 0 atom stereocenters. The summed E-state index contributed by atoms with van der Waals surface area (Å²) in [5.74, 6) is -1.84. The van der Waals surface area contributed by atoms with Crippen LogP contribution >= 0.6 is 34.8 Å². The van der Waals surface area contributed by atoms with Crippen LogP contribution in [0.4, 0.5) is 0 Å². The maximum absolute atomic E-state index is 12.2. The molecule has 128 valence electrons. The molecule has 3 amide bonds. The lowest BCUT2D eigenvalue weighted by atomic mass is 10.1. The molecule has 3 rings (SSSR count). The normalized spacial score (nSPS) is 13.0. The van der Waals surface area contributed by atoms with Crippen LogP contribution in [0, 0.1) is 0 Å². The van der Waals surface area contributed by atoms with Gasteiger partial charge in [0.25, 0.3) is 17.7 Å². The van der Waals surface area contributed by atoms with Crippen molar-refractivity contribution in [2.45, 2.75) is 0 Å². The van der Waals surface area contributed by atoms with Crippen LogP contribution in [-0.2, 0) is 4.79 Å². The first-order valence-corrected chi connectivity index (χ1v) is 8.06. The third-order valence-electron chi connectivity index (χ3n) is 3.35. The predicted octanol–water partition coefficient (Wildman–Crippen LogP) is 3.35. The van der Waals surface area contributed by atoms with Crippen molar-refractivity contribution in [1.29, 1.82) is 0 Å². The summed E-state index contributed by atoms with van der Waals surface area (Å²) >= 11 is 17.7. The molecule has 1 aliphatic heterocycles. The number of hydrazine groups is 1. The Morgan fingerprint density at radius 1 is 1.04 bits per heavy atom. The highest BCUT2D eigenvalue weighted by atomic mass is 35.5. The number of ether oxygens (including phenoxy) is 1. The van der Waals surface area contributed by atoms with Crippen molar-refractivity contribution in [2.24, 2.45) is 0 Å². The van der Waals surface area contributed by atoms with E-state index in [1.807, 2.05) is 0 Å². The quantitative estimate of drug-likeness (QED) is 0.632. The van der Waals surface area contributed by atoms with E-state index in [2.05, 4.69) is 5.43 Å². The summed E-state index contributed by atoms with van der Waals surface area (Å²) in [5.41, 5.74) is 2.65. The first-order chi connectivity index (χ1) is 11.9. The molecule has 2 aromatic carbocycles. The monoisotopic (exact) mass is 398 g/mol. The second-order valence-corrected chi connectivity index (χ2v) is 6.24. The van der Waals surface area contributed by atoms with Gasteiger partial charge in [-0.05, 0) is 18.2 Å². The zero-order valence-corrected chi connectivity index (χ0v) is 14.7. The lowest BCUT2D eigenvalue weighted by molar-refractivity contribution is -0.126. The van der Waals surface area contributed by atoms with E-state index in [0.29, 0.717) is 5.01 Å². The molecule has 0 saturated carbocycles. The topological polar surface area (TPSA) is 75.7 Å². The number of rotatable bonds is 4. The van der Waals surface area contributed by atoms with Gasteiger partial charge in [0.15, 0.2) is 6.61 Å². The van der Waals surface area contributed by atoms with Crippen LogP contribution in [0.1, 0.15) is 20.7 Å². The maximum Gasteiger partial charge on any atom is 0.280 e. The first-order valence-electron chi connectivity index (χ1n) is 6.93. The van der Waals surface area contributed by atoms with E-state index >= 15 is 0 Å². The highest BCUT2D eigenvalue weighted by Gasteiger charge is 2.36. The highest BCUT2D eigenvalue weighted by molar-refractivity contribution is 6.44. The third-order valence-corrected chi connectivity index (χ3v) is 4.35. The molecule has 25 heavy (non-hydrogen) atoms. The molecule has 0 radical (unpaired) electrons. The van der Waals surface area contributed by atoms with Crippen molar-refractivity contribution in [1.82, 2.24) is 10.4 Å². The second kappa shape index (κ2) is 6.92. The van der Waals surface area contributed by atoms with Gasteiger partial charge in [-0.2, -0.15) is 5.01 Å². The minimum absolute atomic E-state index is 0.0968. The molecule has 1 N–H and O–H groups in total. The van der Waals surface area contributed by atoms with Gasteiger partial charge < -0.3 is 4.74 Å². The Bertz CT molecular complexity index is 866. The molecular formula is C16H9Cl3N2O4. The molecule has 2 aromatic rings. The number of imide groups is 1. The molecule has 0 aliphatic carbocycles. The molecule has 6 nitrogen and oxygen atoms in total. The Balaban J connectivity index is 1.67. The van der Waals surface area contributed by atoms with Crippen molar-refractivity contribution in [3.05, 3.63) is 62.6 Å². The van der Waals surface area contributed by atoms with Gasteiger partial charge in [0, 0.05) is 11.1 Å². The predicted molar refractivity (Wildman–Crippen MR) is 92.1 cm³/mol. The van der Waals surface area contributed by atoms with Crippen molar-refractivity contribution in [2.75, 3.05) is 6.61 Å². The molecule has 0 fully saturated rings. The molecule has 0 unspecified atom stereocenters. The third kappa shape index (κ3) is 3.42. The zero-order chi connectivity index (χ0) is 18.1. The van der Waals surface area contributed by atoms with Gasteiger partial charge in [-0.3, -0.25) is 19.8 Å². The van der Waals surface area contributed by atoms with Crippen molar-refractivity contribution in [3.8, 4) is 5.75 Å². The summed E-state index contributed by atoms with van der Waals surface area (Å²) in [7, 11) is 0. The molecule has 0 aromatic heterocycles. The number of carbonyl (C=O) groups is 3. The van der Waals surface area contributed by atoms with Crippen LogP contribution in [-0.4, -0.2) is 29.3 Å². The Morgan fingerprint density at radius 2 is 1.64 bits per heavy atom. The van der Waals surface area contributed by atoms with E-state index in [0.717, 1.165) is 0 Å².